The SMILES string of the molecule is CC(N)CCC(=O)NCc1ccn[nH]1. The Labute approximate surface area is 83.1 Å². The molecule has 1 amide bonds. The molecule has 0 aliphatic carbocycles. The van der Waals surface area contributed by atoms with Gasteiger partial charge in [-0.15, -0.1) is 0 Å². The number of carbonyl (C=O) groups is 1. The van der Waals surface area contributed by atoms with Crippen molar-refractivity contribution in [1.82, 2.24) is 15.5 Å². The van der Waals surface area contributed by atoms with Crippen LogP contribution in [-0.2, 0) is 11.3 Å². The van der Waals surface area contributed by atoms with E-state index in [1.807, 2.05) is 13.0 Å². The second kappa shape index (κ2) is 5.39. The molecule has 1 atom stereocenters. The molecule has 0 bridgehead atoms. The predicted octanol–water partition coefficient (Wildman–Crippen LogP) is 0.153. The summed E-state index contributed by atoms with van der Waals surface area (Å²) in [4.78, 5) is 11.2. The molecule has 4 N–H and O–H groups in total. The van der Waals surface area contributed by atoms with Crippen LogP contribution in [0.2, 0.25) is 0 Å². The van der Waals surface area contributed by atoms with Gasteiger partial charge in [-0.3, -0.25) is 9.89 Å². The summed E-state index contributed by atoms with van der Waals surface area (Å²) < 4.78 is 0. The first-order valence-corrected chi connectivity index (χ1v) is 4.69. The van der Waals surface area contributed by atoms with Crippen LogP contribution in [0.5, 0.6) is 0 Å². The molecule has 5 heteroatoms. The van der Waals surface area contributed by atoms with Crippen LogP contribution in [0.3, 0.4) is 0 Å². The second-order valence-electron chi connectivity index (χ2n) is 3.37. The molecule has 78 valence electrons. The number of H-pyrrole nitrogens is 1. The normalized spacial score (nSPS) is 12.4. The highest BCUT2D eigenvalue weighted by Gasteiger charge is 2.03. The molecule has 1 heterocycles. The number of amides is 1. The van der Waals surface area contributed by atoms with Crippen LogP contribution in [0.4, 0.5) is 0 Å². The Kier molecular flexibility index (Phi) is 4.12. The van der Waals surface area contributed by atoms with E-state index in [4.69, 9.17) is 5.73 Å². The van der Waals surface area contributed by atoms with E-state index in [0.29, 0.717) is 13.0 Å². The molecule has 1 aromatic rings. The molecule has 1 unspecified atom stereocenters. The maximum Gasteiger partial charge on any atom is 0.220 e. The van der Waals surface area contributed by atoms with Gasteiger partial charge in [0.1, 0.15) is 0 Å². The average Bonchev–Trinajstić information content (AvgIpc) is 2.63. The van der Waals surface area contributed by atoms with Gasteiger partial charge in [-0.05, 0) is 19.4 Å². The number of nitrogens with two attached hydrogens (primary N) is 1. The maximum absolute atomic E-state index is 11.2. The highest BCUT2D eigenvalue weighted by molar-refractivity contribution is 5.75. The quantitative estimate of drug-likeness (QED) is 0.627. The van der Waals surface area contributed by atoms with E-state index in [0.717, 1.165) is 12.1 Å². The minimum atomic E-state index is 0.0249. The van der Waals surface area contributed by atoms with Crippen LogP contribution in [-0.4, -0.2) is 22.1 Å². The molecule has 0 radical (unpaired) electrons. The Hall–Kier alpha value is -1.36. The number of hydrogen-bond donors (Lipinski definition) is 3. The van der Waals surface area contributed by atoms with Gasteiger partial charge in [-0.2, -0.15) is 5.10 Å². The molecule has 0 fully saturated rings. The van der Waals surface area contributed by atoms with E-state index in [2.05, 4.69) is 15.5 Å². The lowest BCUT2D eigenvalue weighted by atomic mass is 10.2. The third-order valence-electron chi connectivity index (χ3n) is 1.86. The summed E-state index contributed by atoms with van der Waals surface area (Å²) in [6.07, 6.45) is 2.85. The molecule has 0 aliphatic heterocycles. The van der Waals surface area contributed by atoms with Gasteiger partial charge >= 0.3 is 0 Å². The molecule has 5 nitrogen and oxygen atoms in total. The zero-order valence-corrected chi connectivity index (χ0v) is 8.29. The van der Waals surface area contributed by atoms with Crippen LogP contribution in [0.1, 0.15) is 25.5 Å². The highest BCUT2D eigenvalue weighted by atomic mass is 16.1. The molecule has 0 saturated heterocycles. The van der Waals surface area contributed by atoms with E-state index >= 15 is 0 Å². The molecular weight excluding hydrogens is 180 g/mol. The van der Waals surface area contributed by atoms with Gasteiger partial charge in [0.2, 0.25) is 5.91 Å². The molecule has 0 aliphatic rings. The van der Waals surface area contributed by atoms with Gasteiger partial charge < -0.3 is 11.1 Å². The number of hydrogen-bond acceptors (Lipinski definition) is 3. The van der Waals surface area contributed by atoms with Gasteiger partial charge in [-0.25, -0.2) is 0 Å². The third kappa shape index (κ3) is 4.04. The predicted molar refractivity (Wildman–Crippen MR) is 53.3 cm³/mol. The number of aromatic amines is 1. The summed E-state index contributed by atoms with van der Waals surface area (Å²) in [5.41, 5.74) is 6.44. The van der Waals surface area contributed by atoms with E-state index in [-0.39, 0.29) is 11.9 Å². The lowest BCUT2D eigenvalue weighted by Gasteiger charge is -2.05. The van der Waals surface area contributed by atoms with Crippen molar-refractivity contribution < 1.29 is 4.79 Å². The Morgan fingerprint density at radius 3 is 3.14 bits per heavy atom. The topological polar surface area (TPSA) is 83.8 Å². The smallest absolute Gasteiger partial charge is 0.220 e. The van der Waals surface area contributed by atoms with E-state index < -0.39 is 0 Å². The largest absolute Gasteiger partial charge is 0.350 e. The summed E-state index contributed by atoms with van der Waals surface area (Å²) in [5.74, 6) is 0.0249. The standard InChI is InChI=1S/C9H16N4O/c1-7(10)2-3-9(14)11-6-8-4-5-12-13-8/h4-5,7H,2-3,6,10H2,1H3,(H,11,14)(H,12,13). The number of nitrogens with zero attached hydrogens (tertiary/aromatic N) is 1. The maximum atomic E-state index is 11.2. The zero-order valence-electron chi connectivity index (χ0n) is 8.29. The van der Waals surface area contributed by atoms with Crippen LogP contribution in [0.25, 0.3) is 0 Å². The summed E-state index contributed by atoms with van der Waals surface area (Å²) in [7, 11) is 0. The van der Waals surface area contributed by atoms with Gasteiger partial charge in [0.05, 0.1) is 12.2 Å². The van der Waals surface area contributed by atoms with E-state index in [1.54, 1.807) is 6.20 Å². The molecule has 0 aromatic carbocycles. The minimum Gasteiger partial charge on any atom is -0.350 e. The molecule has 1 rings (SSSR count). The van der Waals surface area contributed by atoms with Gasteiger partial charge in [0.25, 0.3) is 0 Å². The van der Waals surface area contributed by atoms with Crippen molar-refractivity contribution in [2.45, 2.75) is 32.4 Å². The van der Waals surface area contributed by atoms with Crippen LogP contribution in [0.15, 0.2) is 12.3 Å². The van der Waals surface area contributed by atoms with Gasteiger partial charge in [0, 0.05) is 18.7 Å². The van der Waals surface area contributed by atoms with Crippen molar-refractivity contribution in [2.75, 3.05) is 0 Å². The van der Waals surface area contributed by atoms with Crippen LogP contribution < -0.4 is 11.1 Å². The molecule has 0 spiro atoms. The highest BCUT2D eigenvalue weighted by Crippen LogP contribution is 1.95. The first-order valence-electron chi connectivity index (χ1n) is 4.69. The fourth-order valence-corrected chi connectivity index (χ4v) is 1.02. The van der Waals surface area contributed by atoms with E-state index in [9.17, 15) is 4.79 Å². The average molecular weight is 196 g/mol. The number of rotatable bonds is 5. The molecule has 1 aromatic heterocycles. The zero-order chi connectivity index (χ0) is 10.4. The summed E-state index contributed by atoms with van der Waals surface area (Å²) in [6, 6.07) is 1.90. The molecule has 0 saturated carbocycles. The van der Waals surface area contributed by atoms with Crippen molar-refractivity contribution in [2.24, 2.45) is 5.73 Å². The summed E-state index contributed by atoms with van der Waals surface area (Å²) >= 11 is 0. The van der Waals surface area contributed by atoms with E-state index in [1.165, 1.54) is 0 Å². The van der Waals surface area contributed by atoms with Gasteiger partial charge in [0.15, 0.2) is 0 Å². The Balaban J connectivity index is 2.15. The first kappa shape index (κ1) is 10.7. The molecule has 14 heavy (non-hydrogen) atoms. The van der Waals surface area contributed by atoms with Crippen LogP contribution >= 0.6 is 0 Å². The number of carbonyl (C=O) groups excluding carboxylic acids is 1. The van der Waals surface area contributed by atoms with Crippen molar-refractivity contribution >= 4 is 5.91 Å². The van der Waals surface area contributed by atoms with Gasteiger partial charge in [-0.1, -0.05) is 0 Å². The van der Waals surface area contributed by atoms with Crippen molar-refractivity contribution in [1.29, 1.82) is 0 Å². The minimum absolute atomic E-state index is 0.0249. The second-order valence-corrected chi connectivity index (χ2v) is 3.37. The number of nitrogens with one attached hydrogen (secondary N) is 2. The summed E-state index contributed by atoms with van der Waals surface area (Å²) in [6.45, 7) is 2.39. The van der Waals surface area contributed by atoms with Crippen molar-refractivity contribution in [3.63, 3.8) is 0 Å². The summed E-state index contributed by atoms with van der Waals surface area (Å²) in [5, 5.41) is 9.32. The lowest BCUT2D eigenvalue weighted by molar-refractivity contribution is -0.121. The number of aromatic nitrogens is 2. The Morgan fingerprint density at radius 1 is 1.79 bits per heavy atom. The monoisotopic (exact) mass is 196 g/mol. The third-order valence-corrected chi connectivity index (χ3v) is 1.86. The fourth-order valence-electron chi connectivity index (χ4n) is 1.02. The molecular formula is C9H16N4O. The van der Waals surface area contributed by atoms with Crippen molar-refractivity contribution in [3.05, 3.63) is 18.0 Å². The first-order chi connectivity index (χ1) is 6.68. The van der Waals surface area contributed by atoms with Crippen LogP contribution in [0, 0.1) is 0 Å². The Morgan fingerprint density at radius 2 is 2.57 bits per heavy atom. The Bertz CT molecular complexity index is 268. The lowest BCUT2D eigenvalue weighted by Crippen LogP contribution is -2.25. The fraction of sp³-hybridized carbons (Fsp3) is 0.556. The van der Waals surface area contributed by atoms with Crippen molar-refractivity contribution in [3.8, 4) is 0 Å².